The van der Waals surface area contributed by atoms with E-state index in [2.05, 4.69) is 23.6 Å². The number of carbonyl (C=O) groups is 1. The smallest absolute Gasteiger partial charge is 0.172 e. The van der Waals surface area contributed by atoms with Gasteiger partial charge in [0.15, 0.2) is 5.78 Å². The molecule has 0 aromatic carbocycles. The Hall–Kier alpha value is -0.930. The van der Waals surface area contributed by atoms with E-state index in [0.717, 1.165) is 17.7 Å². The molecule has 84 valence electrons. The first-order valence-corrected chi connectivity index (χ1v) is 7.13. The van der Waals surface area contributed by atoms with Crippen LogP contribution in [-0.4, -0.2) is 5.78 Å². The molecule has 0 bridgehead atoms. The minimum Gasteiger partial charge on any atom is -0.293 e. The van der Waals surface area contributed by atoms with Crippen LogP contribution >= 0.6 is 22.7 Å². The number of carbonyl (C=O) groups excluding carboxylic acids is 1. The molecular weight excluding hydrogens is 236 g/mol. The average molecular weight is 250 g/mol. The summed E-state index contributed by atoms with van der Waals surface area (Å²) in [4.78, 5) is 15.2. The topological polar surface area (TPSA) is 17.1 Å². The van der Waals surface area contributed by atoms with Crippen molar-refractivity contribution in [3.05, 3.63) is 44.3 Å². The van der Waals surface area contributed by atoms with Crippen molar-refractivity contribution >= 4 is 28.5 Å². The van der Waals surface area contributed by atoms with E-state index < -0.39 is 0 Å². The minimum absolute atomic E-state index is 0.282. The summed E-state index contributed by atoms with van der Waals surface area (Å²) < 4.78 is 0. The number of Topliss-reactive ketones (excluding diaryl/α,β-unsaturated/α-hetero) is 1. The van der Waals surface area contributed by atoms with E-state index in [0.29, 0.717) is 6.42 Å². The van der Waals surface area contributed by atoms with E-state index in [1.165, 1.54) is 9.75 Å². The van der Waals surface area contributed by atoms with E-state index in [-0.39, 0.29) is 5.78 Å². The van der Waals surface area contributed by atoms with Gasteiger partial charge in [0.2, 0.25) is 0 Å². The van der Waals surface area contributed by atoms with Gasteiger partial charge in [-0.2, -0.15) is 0 Å². The summed E-state index contributed by atoms with van der Waals surface area (Å²) in [5, 5.41) is 2.09. The summed E-state index contributed by atoms with van der Waals surface area (Å²) in [5.74, 6) is 0.282. The van der Waals surface area contributed by atoms with Crippen molar-refractivity contribution in [2.75, 3.05) is 0 Å². The van der Waals surface area contributed by atoms with Gasteiger partial charge < -0.3 is 0 Å². The number of hydrogen-bond acceptors (Lipinski definition) is 3. The Kier molecular flexibility index (Phi) is 3.91. The Morgan fingerprint density at radius 2 is 2.12 bits per heavy atom. The van der Waals surface area contributed by atoms with Gasteiger partial charge in [0, 0.05) is 22.6 Å². The lowest BCUT2D eigenvalue weighted by Gasteiger charge is -1.93. The molecule has 1 nitrogen and oxygen atoms in total. The van der Waals surface area contributed by atoms with Crippen molar-refractivity contribution in [3.8, 4) is 0 Å². The van der Waals surface area contributed by atoms with Crippen molar-refractivity contribution in [1.29, 1.82) is 0 Å². The van der Waals surface area contributed by atoms with Crippen molar-refractivity contribution in [2.24, 2.45) is 0 Å². The molecule has 0 radical (unpaired) electrons. The van der Waals surface area contributed by atoms with Gasteiger partial charge in [0.25, 0.3) is 0 Å². The summed E-state index contributed by atoms with van der Waals surface area (Å²) in [5.41, 5.74) is 0. The number of ketones is 1. The van der Waals surface area contributed by atoms with Crippen LogP contribution in [0.3, 0.4) is 0 Å². The second-order valence-electron chi connectivity index (χ2n) is 3.70. The second-order valence-corrected chi connectivity index (χ2v) is 5.90. The average Bonchev–Trinajstić information content (AvgIpc) is 2.90. The standard InChI is InChI=1S/C13H14OS2/c1-2-4-12(14)13-7-6-11(16-13)9-10-5-3-8-15-10/h3,5-8H,2,4,9H2,1H3. The molecule has 0 spiro atoms. The minimum atomic E-state index is 0.282. The molecule has 0 fully saturated rings. The predicted octanol–water partition coefficient (Wildman–Crippen LogP) is 4.38. The molecule has 2 rings (SSSR count). The monoisotopic (exact) mass is 250 g/mol. The van der Waals surface area contributed by atoms with Crippen molar-refractivity contribution in [1.82, 2.24) is 0 Å². The van der Waals surface area contributed by atoms with Crippen LogP contribution in [0.5, 0.6) is 0 Å². The zero-order chi connectivity index (χ0) is 11.4. The normalized spacial score (nSPS) is 10.6. The first-order chi connectivity index (χ1) is 7.79. The van der Waals surface area contributed by atoms with Gasteiger partial charge in [-0.15, -0.1) is 22.7 Å². The van der Waals surface area contributed by atoms with Crippen LogP contribution in [0.2, 0.25) is 0 Å². The molecule has 0 unspecified atom stereocenters. The van der Waals surface area contributed by atoms with Crippen LogP contribution in [0, 0.1) is 0 Å². The van der Waals surface area contributed by atoms with Crippen molar-refractivity contribution < 1.29 is 4.79 Å². The quantitative estimate of drug-likeness (QED) is 0.720. The van der Waals surface area contributed by atoms with E-state index in [4.69, 9.17) is 0 Å². The number of rotatable bonds is 5. The molecule has 0 aliphatic carbocycles. The molecule has 2 aromatic rings. The molecule has 3 heteroatoms. The molecule has 2 heterocycles. The molecule has 0 N–H and O–H groups in total. The lowest BCUT2D eigenvalue weighted by molar-refractivity contribution is 0.0985. The zero-order valence-electron chi connectivity index (χ0n) is 9.23. The van der Waals surface area contributed by atoms with E-state index >= 15 is 0 Å². The second kappa shape index (κ2) is 5.41. The Balaban J connectivity index is 2.05. The van der Waals surface area contributed by atoms with Gasteiger partial charge >= 0.3 is 0 Å². The lowest BCUT2D eigenvalue weighted by Crippen LogP contribution is -1.93. The molecular formula is C13H14OS2. The summed E-state index contributed by atoms with van der Waals surface area (Å²) in [7, 11) is 0. The van der Waals surface area contributed by atoms with Gasteiger partial charge in [0.05, 0.1) is 4.88 Å². The van der Waals surface area contributed by atoms with Crippen LogP contribution in [0.4, 0.5) is 0 Å². The van der Waals surface area contributed by atoms with E-state index in [9.17, 15) is 4.79 Å². The zero-order valence-corrected chi connectivity index (χ0v) is 10.9. The first-order valence-electron chi connectivity index (χ1n) is 5.44. The highest BCUT2D eigenvalue weighted by Gasteiger charge is 2.08. The maximum absolute atomic E-state index is 11.7. The van der Waals surface area contributed by atoms with Gasteiger partial charge in [-0.25, -0.2) is 0 Å². The molecule has 0 aliphatic heterocycles. The van der Waals surface area contributed by atoms with E-state index in [1.54, 1.807) is 22.7 Å². The maximum atomic E-state index is 11.7. The third-order valence-electron chi connectivity index (χ3n) is 2.34. The Labute approximate surface area is 104 Å². The highest BCUT2D eigenvalue weighted by atomic mass is 32.1. The van der Waals surface area contributed by atoms with Gasteiger partial charge in [0.1, 0.15) is 0 Å². The van der Waals surface area contributed by atoms with E-state index in [1.807, 2.05) is 13.0 Å². The third kappa shape index (κ3) is 2.80. The SMILES string of the molecule is CCCC(=O)c1ccc(Cc2cccs2)s1. The number of thiophene rings is 2. The molecule has 16 heavy (non-hydrogen) atoms. The van der Waals surface area contributed by atoms with Crippen molar-refractivity contribution in [2.45, 2.75) is 26.2 Å². The van der Waals surface area contributed by atoms with Crippen LogP contribution in [0.1, 0.15) is 39.2 Å². The molecule has 0 saturated heterocycles. The molecule has 0 amide bonds. The molecule has 0 aliphatic rings. The van der Waals surface area contributed by atoms with Gasteiger partial charge in [-0.05, 0) is 30.0 Å². The highest BCUT2D eigenvalue weighted by molar-refractivity contribution is 7.14. The van der Waals surface area contributed by atoms with Crippen molar-refractivity contribution in [3.63, 3.8) is 0 Å². The summed E-state index contributed by atoms with van der Waals surface area (Å²) in [6, 6.07) is 8.24. The Morgan fingerprint density at radius 3 is 2.81 bits per heavy atom. The van der Waals surface area contributed by atoms with Gasteiger partial charge in [-0.1, -0.05) is 13.0 Å². The summed E-state index contributed by atoms with van der Waals surface area (Å²) >= 11 is 3.40. The van der Waals surface area contributed by atoms with Gasteiger partial charge in [-0.3, -0.25) is 4.79 Å². The lowest BCUT2D eigenvalue weighted by atomic mass is 10.2. The first kappa shape index (κ1) is 11.6. The maximum Gasteiger partial charge on any atom is 0.172 e. The largest absolute Gasteiger partial charge is 0.293 e. The Morgan fingerprint density at radius 1 is 1.25 bits per heavy atom. The fraction of sp³-hybridized carbons (Fsp3) is 0.308. The summed E-state index contributed by atoms with van der Waals surface area (Å²) in [6.45, 7) is 2.04. The summed E-state index contributed by atoms with van der Waals surface area (Å²) in [6.07, 6.45) is 2.55. The Bertz CT molecular complexity index is 454. The fourth-order valence-corrected chi connectivity index (χ4v) is 3.38. The van der Waals surface area contributed by atoms with Crippen LogP contribution in [0.15, 0.2) is 29.6 Å². The molecule has 0 atom stereocenters. The van der Waals surface area contributed by atoms with Crippen LogP contribution < -0.4 is 0 Å². The molecule has 0 saturated carbocycles. The number of hydrogen-bond donors (Lipinski definition) is 0. The predicted molar refractivity (Wildman–Crippen MR) is 70.7 cm³/mol. The van der Waals surface area contributed by atoms with Crippen LogP contribution in [-0.2, 0) is 6.42 Å². The van der Waals surface area contributed by atoms with Crippen LogP contribution in [0.25, 0.3) is 0 Å². The fourth-order valence-electron chi connectivity index (χ4n) is 1.56. The third-order valence-corrected chi connectivity index (χ3v) is 4.34. The highest BCUT2D eigenvalue weighted by Crippen LogP contribution is 2.23. The molecule has 2 aromatic heterocycles.